The lowest BCUT2D eigenvalue weighted by atomic mass is 9.99. The molecule has 3 rings (SSSR count). The van der Waals surface area contributed by atoms with Crippen molar-refractivity contribution >= 4 is 17.6 Å². The van der Waals surface area contributed by atoms with Crippen molar-refractivity contribution in [2.24, 2.45) is 5.92 Å². The molecular weight excluding hydrogens is 470 g/mol. The zero-order chi connectivity index (χ0) is 26.1. The summed E-state index contributed by atoms with van der Waals surface area (Å²) < 4.78 is 33.0. The Labute approximate surface area is 207 Å². The molecule has 0 spiro atoms. The number of benzene rings is 2. The van der Waals surface area contributed by atoms with Gasteiger partial charge in [0, 0.05) is 35.5 Å². The molecule has 1 heterocycles. The molecule has 0 aliphatic heterocycles. The number of hydrogen-bond acceptors (Lipinski definition) is 6. The molecule has 0 saturated carbocycles. The lowest BCUT2D eigenvalue weighted by molar-refractivity contribution is -0.136. The largest absolute Gasteiger partial charge is 0.481 e. The summed E-state index contributed by atoms with van der Waals surface area (Å²) in [5.74, 6) is -2.19. The van der Waals surface area contributed by atoms with E-state index in [4.69, 9.17) is 9.84 Å². The number of hydrogen-bond donors (Lipinski definition) is 3. The molecule has 1 aromatic heterocycles. The van der Waals surface area contributed by atoms with Crippen LogP contribution in [0.4, 0.5) is 14.5 Å². The van der Waals surface area contributed by atoms with Crippen LogP contribution >= 0.6 is 0 Å². The van der Waals surface area contributed by atoms with Crippen LogP contribution in [0, 0.1) is 17.6 Å². The van der Waals surface area contributed by atoms with Crippen molar-refractivity contribution in [3.63, 3.8) is 0 Å². The van der Waals surface area contributed by atoms with Crippen LogP contribution in [0.5, 0.6) is 5.88 Å². The van der Waals surface area contributed by atoms with Gasteiger partial charge in [-0.3, -0.25) is 9.59 Å². The van der Waals surface area contributed by atoms with Crippen LogP contribution < -0.4 is 15.4 Å². The highest BCUT2D eigenvalue weighted by atomic mass is 19.1. The van der Waals surface area contributed by atoms with Crippen molar-refractivity contribution < 1.29 is 28.2 Å². The zero-order valence-electron chi connectivity index (χ0n) is 20.0. The van der Waals surface area contributed by atoms with Crippen LogP contribution in [0.15, 0.2) is 54.6 Å². The number of ether oxygens (including phenoxy) is 1. The van der Waals surface area contributed by atoms with Gasteiger partial charge in [-0.15, -0.1) is 10.2 Å². The van der Waals surface area contributed by atoms with Crippen molar-refractivity contribution in [1.82, 2.24) is 15.5 Å². The quantitative estimate of drug-likeness (QED) is 0.336. The summed E-state index contributed by atoms with van der Waals surface area (Å²) in [7, 11) is 0. The van der Waals surface area contributed by atoms with Crippen LogP contribution in [0.25, 0.3) is 11.3 Å². The van der Waals surface area contributed by atoms with Crippen LogP contribution in [0.3, 0.4) is 0 Å². The molecule has 0 fully saturated rings. The van der Waals surface area contributed by atoms with Crippen LogP contribution in [0.1, 0.15) is 37.0 Å². The number of nitrogens with one attached hydrogen (secondary N) is 2. The Balaban J connectivity index is 1.60. The second kappa shape index (κ2) is 12.6. The number of carboxylic acids is 1. The first-order valence-electron chi connectivity index (χ1n) is 11.5. The van der Waals surface area contributed by atoms with E-state index in [0.717, 1.165) is 24.2 Å². The zero-order valence-corrected chi connectivity index (χ0v) is 20.0. The Hall–Kier alpha value is -4.08. The van der Waals surface area contributed by atoms with Crippen LogP contribution in [0.2, 0.25) is 0 Å². The molecule has 10 heteroatoms. The molecule has 190 valence electrons. The summed E-state index contributed by atoms with van der Waals surface area (Å²) in [6, 6.07) is 13.2. The predicted molar refractivity (Wildman–Crippen MR) is 131 cm³/mol. The maximum Gasteiger partial charge on any atom is 0.305 e. The van der Waals surface area contributed by atoms with Gasteiger partial charge in [-0.1, -0.05) is 20.3 Å². The van der Waals surface area contributed by atoms with Gasteiger partial charge in [0.1, 0.15) is 18.2 Å². The number of carboxylic acid groups (broad SMARTS) is 1. The van der Waals surface area contributed by atoms with Gasteiger partial charge in [-0.05, 0) is 48.4 Å². The highest BCUT2D eigenvalue weighted by Crippen LogP contribution is 2.23. The number of anilines is 1. The Morgan fingerprint density at radius 3 is 2.42 bits per heavy atom. The summed E-state index contributed by atoms with van der Waals surface area (Å²) in [4.78, 5) is 22.7. The molecule has 2 atom stereocenters. The first kappa shape index (κ1) is 26.5. The lowest BCUT2D eigenvalue weighted by Gasteiger charge is -2.25. The van der Waals surface area contributed by atoms with Gasteiger partial charge in [0.2, 0.25) is 5.88 Å². The Morgan fingerprint density at radius 1 is 1.06 bits per heavy atom. The number of halogens is 2. The molecule has 8 nitrogen and oxygen atoms in total. The number of aliphatic carboxylic acids is 1. The highest BCUT2D eigenvalue weighted by Gasteiger charge is 2.18. The van der Waals surface area contributed by atoms with Crippen molar-refractivity contribution in [3.05, 3.63) is 71.8 Å². The van der Waals surface area contributed by atoms with E-state index in [9.17, 15) is 18.4 Å². The van der Waals surface area contributed by atoms with Crippen molar-refractivity contribution in [2.75, 3.05) is 18.5 Å². The summed E-state index contributed by atoms with van der Waals surface area (Å²) >= 11 is 0. The number of carbonyl (C=O) groups excluding carboxylic acids is 1. The summed E-state index contributed by atoms with van der Waals surface area (Å²) in [5, 5.41) is 22.6. The van der Waals surface area contributed by atoms with Gasteiger partial charge in [-0.2, -0.15) is 0 Å². The van der Waals surface area contributed by atoms with Gasteiger partial charge < -0.3 is 20.5 Å². The van der Waals surface area contributed by atoms with E-state index in [1.165, 1.54) is 6.07 Å². The minimum Gasteiger partial charge on any atom is -0.481 e. The van der Waals surface area contributed by atoms with Crippen LogP contribution in [-0.2, 0) is 4.79 Å². The maximum atomic E-state index is 14.0. The molecule has 0 bridgehead atoms. The van der Waals surface area contributed by atoms with Crippen molar-refractivity contribution in [3.8, 4) is 17.1 Å². The average Bonchev–Trinajstić information content (AvgIpc) is 2.86. The molecule has 36 heavy (non-hydrogen) atoms. The minimum atomic E-state index is -0.975. The number of aromatic nitrogens is 2. The molecule has 3 aromatic rings. The maximum absolute atomic E-state index is 14.0. The summed E-state index contributed by atoms with van der Waals surface area (Å²) in [6.45, 7) is 4.49. The molecule has 0 aliphatic rings. The third-order valence-corrected chi connectivity index (χ3v) is 5.71. The fourth-order valence-corrected chi connectivity index (χ4v) is 3.36. The number of nitrogens with zero attached hydrogens (tertiary/aromatic N) is 2. The smallest absolute Gasteiger partial charge is 0.305 e. The summed E-state index contributed by atoms with van der Waals surface area (Å²) in [6.07, 6.45) is 0.748. The number of rotatable bonds is 12. The first-order chi connectivity index (χ1) is 17.3. The van der Waals surface area contributed by atoms with E-state index < -0.39 is 17.6 Å². The van der Waals surface area contributed by atoms with E-state index in [2.05, 4.69) is 34.7 Å². The molecular formula is C26H28F2N4O4. The fourth-order valence-electron chi connectivity index (χ4n) is 3.36. The van der Waals surface area contributed by atoms with Gasteiger partial charge >= 0.3 is 5.97 Å². The Morgan fingerprint density at radius 2 is 1.81 bits per heavy atom. The third-order valence-electron chi connectivity index (χ3n) is 5.71. The monoisotopic (exact) mass is 498 g/mol. The first-order valence-corrected chi connectivity index (χ1v) is 11.5. The Bertz CT molecular complexity index is 1170. The lowest BCUT2D eigenvalue weighted by Crippen LogP contribution is -2.33. The number of carbonyl (C=O) groups is 2. The minimum absolute atomic E-state index is 0.0598. The normalized spacial score (nSPS) is 12.4. The van der Waals surface area contributed by atoms with E-state index in [0.29, 0.717) is 5.56 Å². The predicted octanol–water partition coefficient (Wildman–Crippen LogP) is 4.53. The standard InChI is InChI=1S/C26H28F2N4O4/c1-3-16(2)23(30-19-7-4-17(5-8-19)26(35)29-13-12-25(33)34)15-36-24-11-10-22(31-32-24)20-9-6-18(27)14-21(20)28/h4-11,14,16,23,30H,3,12-13,15H2,1-2H3,(H,29,35)(H,33,34)/t16-,23+/m0/s1. The average molecular weight is 499 g/mol. The second-order valence-corrected chi connectivity index (χ2v) is 8.31. The molecule has 0 aliphatic carbocycles. The topological polar surface area (TPSA) is 113 Å². The van der Waals surface area contributed by atoms with Gasteiger partial charge in [0.05, 0.1) is 18.2 Å². The van der Waals surface area contributed by atoms with E-state index in [-0.39, 0.29) is 54.6 Å². The third kappa shape index (κ3) is 7.46. The molecule has 3 N–H and O–H groups in total. The van der Waals surface area contributed by atoms with Crippen LogP contribution in [-0.4, -0.2) is 46.4 Å². The van der Waals surface area contributed by atoms with Gasteiger partial charge in [0.15, 0.2) is 0 Å². The Kier molecular flexibility index (Phi) is 9.26. The molecule has 0 radical (unpaired) electrons. The molecule has 0 saturated heterocycles. The van der Waals surface area contributed by atoms with E-state index in [1.807, 2.05) is 0 Å². The van der Waals surface area contributed by atoms with Crippen molar-refractivity contribution in [1.29, 1.82) is 0 Å². The van der Waals surface area contributed by atoms with E-state index in [1.54, 1.807) is 36.4 Å². The van der Waals surface area contributed by atoms with E-state index >= 15 is 0 Å². The highest BCUT2D eigenvalue weighted by molar-refractivity contribution is 5.94. The van der Waals surface area contributed by atoms with Crippen molar-refractivity contribution in [2.45, 2.75) is 32.7 Å². The molecule has 0 unspecified atom stereocenters. The number of amides is 1. The van der Waals surface area contributed by atoms with Gasteiger partial charge in [0.25, 0.3) is 5.91 Å². The fraction of sp³-hybridized carbons (Fsp3) is 0.308. The molecule has 1 amide bonds. The van der Waals surface area contributed by atoms with Gasteiger partial charge in [-0.25, -0.2) is 8.78 Å². The molecule has 2 aromatic carbocycles. The summed E-state index contributed by atoms with van der Waals surface area (Å²) in [5.41, 5.74) is 1.63. The SMILES string of the molecule is CC[C@H](C)[C@@H](COc1ccc(-c2ccc(F)cc2F)nn1)Nc1ccc(C(=O)NCCC(=O)O)cc1. The second-order valence-electron chi connectivity index (χ2n) is 8.31.